The number of hydrogen-bond acceptors (Lipinski definition) is 6. The second-order valence-electron chi connectivity index (χ2n) is 8.11. The van der Waals surface area contributed by atoms with Gasteiger partial charge in [-0.2, -0.15) is 9.97 Å². The van der Waals surface area contributed by atoms with Crippen LogP contribution in [0.5, 0.6) is 5.88 Å². The molecule has 166 valence electrons. The SMILES string of the molecule is COc1nc(NC2CCC(NC(C)=O)CC2)nc2[nH]cc(-c3cc(F)c4nccn4c3)c12. The fraction of sp³-hybridized carbons (Fsp3) is 0.364. The molecule has 9 nitrogen and oxygen atoms in total. The number of carbonyl (C=O) groups is 1. The van der Waals surface area contributed by atoms with Crippen LogP contribution in [0.2, 0.25) is 0 Å². The summed E-state index contributed by atoms with van der Waals surface area (Å²) in [5.74, 6) is 0.484. The van der Waals surface area contributed by atoms with Crippen LogP contribution < -0.4 is 15.4 Å². The van der Waals surface area contributed by atoms with Gasteiger partial charge in [0.1, 0.15) is 5.65 Å². The quantitative estimate of drug-likeness (QED) is 0.442. The predicted octanol–water partition coefficient (Wildman–Crippen LogP) is 3.28. The highest BCUT2D eigenvalue weighted by Gasteiger charge is 2.23. The van der Waals surface area contributed by atoms with E-state index >= 15 is 0 Å². The van der Waals surface area contributed by atoms with Crippen molar-refractivity contribution in [2.45, 2.75) is 44.7 Å². The largest absolute Gasteiger partial charge is 0.480 e. The molecule has 4 aromatic rings. The summed E-state index contributed by atoms with van der Waals surface area (Å²) in [5, 5.41) is 7.06. The molecule has 1 aliphatic rings. The van der Waals surface area contributed by atoms with Crippen molar-refractivity contribution in [1.82, 2.24) is 29.7 Å². The summed E-state index contributed by atoms with van der Waals surface area (Å²) in [7, 11) is 1.56. The average molecular weight is 437 g/mol. The molecule has 0 atom stereocenters. The number of pyridine rings is 1. The molecule has 1 aliphatic carbocycles. The van der Waals surface area contributed by atoms with Crippen LogP contribution in [-0.4, -0.2) is 49.4 Å². The number of carbonyl (C=O) groups excluding carboxylic acids is 1. The van der Waals surface area contributed by atoms with Crippen LogP contribution in [0.1, 0.15) is 32.6 Å². The van der Waals surface area contributed by atoms with Crippen molar-refractivity contribution in [1.29, 1.82) is 0 Å². The molecular weight excluding hydrogens is 413 g/mol. The number of aromatic amines is 1. The molecule has 0 aromatic carbocycles. The predicted molar refractivity (Wildman–Crippen MR) is 118 cm³/mol. The van der Waals surface area contributed by atoms with E-state index in [1.165, 1.54) is 6.07 Å². The summed E-state index contributed by atoms with van der Waals surface area (Å²) in [6.07, 6.45) is 10.5. The van der Waals surface area contributed by atoms with Crippen LogP contribution in [0.3, 0.4) is 0 Å². The van der Waals surface area contributed by atoms with Crippen molar-refractivity contribution in [3.8, 4) is 17.0 Å². The lowest BCUT2D eigenvalue weighted by Crippen LogP contribution is -2.39. The number of nitrogens with one attached hydrogen (secondary N) is 3. The van der Waals surface area contributed by atoms with Crippen molar-refractivity contribution in [3.63, 3.8) is 0 Å². The normalized spacial score (nSPS) is 18.7. The summed E-state index contributed by atoms with van der Waals surface area (Å²) in [5.41, 5.74) is 2.29. The maximum Gasteiger partial charge on any atom is 0.228 e. The maximum absolute atomic E-state index is 14.5. The third-order valence-electron chi connectivity index (χ3n) is 5.91. The zero-order valence-electron chi connectivity index (χ0n) is 17.9. The molecule has 1 saturated carbocycles. The molecule has 3 N–H and O–H groups in total. The van der Waals surface area contributed by atoms with E-state index in [1.807, 2.05) is 6.20 Å². The highest BCUT2D eigenvalue weighted by Crippen LogP contribution is 2.35. The maximum atomic E-state index is 14.5. The number of nitrogens with zero attached hydrogens (tertiary/aromatic N) is 4. The number of ether oxygens (including phenoxy) is 1. The lowest BCUT2D eigenvalue weighted by Gasteiger charge is -2.29. The fourth-order valence-corrected chi connectivity index (χ4v) is 4.43. The standard InChI is InChI=1S/C22H24FN7O2/c1-12(31)26-14-3-5-15(6-4-14)27-22-28-19-18(21(29-22)32-2)16(10-25-19)13-9-17(23)20-24-7-8-30(20)11-13/h7-11,14-15H,3-6H2,1-2H3,(H,26,31)(H2,25,27,28,29). The molecule has 0 unspecified atom stereocenters. The number of anilines is 1. The fourth-order valence-electron chi connectivity index (χ4n) is 4.43. The van der Waals surface area contributed by atoms with Gasteiger partial charge in [0.25, 0.3) is 0 Å². The monoisotopic (exact) mass is 437 g/mol. The zero-order chi connectivity index (χ0) is 22.2. The van der Waals surface area contributed by atoms with E-state index in [4.69, 9.17) is 4.74 Å². The Morgan fingerprint density at radius 2 is 2.03 bits per heavy atom. The minimum atomic E-state index is -0.408. The number of rotatable bonds is 5. The molecule has 32 heavy (non-hydrogen) atoms. The summed E-state index contributed by atoms with van der Waals surface area (Å²) >= 11 is 0. The van der Waals surface area contributed by atoms with Gasteiger partial charge >= 0.3 is 0 Å². The summed E-state index contributed by atoms with van der Waals surface area (Å²) in [6.45, 7) is 1.55. The molecule has 0 bridgehead atoms. The Morgan fingerprint density at radius 3 is 2.78 bits per heavy atom. The number of methoxy groups -OCH3 is 1. The van der Waals surface area contributed by atoms with Crippen molar-refractivity contribution in [3.05, 3.63) is 36.7 Å². The van der Waals surface area contributed by atoms with Crippen molar-refractivity contribution in [2.75, 3.05) is 12.4 Å². The van der Waals surface area contributed by atoms with Gasteiger partial charge in [0, 0.05) is 54.9 Å². The van der Waals surface area contributed by atoms with E-state index in [2.05, 4.69) is 30.6 Å². The van der Waals surface area contributed by atoms with Crippen LogP contribution in [0.25, 0.3) is 27.8 Å². The minimum absolute atomic E-state index is 0.00884. The molecule has 0 radical (unpaired) electrons. The summed E-state index contributed by atoms with van der Waals surface area (Å²) in [6, 6.07) is 1.89. The topological polar surface area (TPSA) is 109 Å². The molecule has 1 fully saturated rings. The van der Waals surface area contributed by atoms with Crippen LogP contribution in [0.15, 0.2) is 30.9 Å². The van der Waals surface area contributed by atoms with Crippen molar-refractivity contribution >= 4 is 28.5 Å². The average Bonchev–Trinajstić information content (AvgIpc) is 3.41. The van der Waals surface area contributed by atoms with Gasteiger partial charge in [0.2, 0.25) is 17.7 Å². The molecule has 0 spiro atoms. The number of halogens is 1. The van der Waals surface area contributed by atoms with Gasteiger partial charge < -0.3 is 24.8 Å². The Hall–Kier alpha value is -3.69. The molecule has 0 saturated heterocycles. The second kappa shape index (κ2) is 8.10. The lowest BCUT2D eigenvalue weighted by molar-refractivity contribution is -0.119. The summed E-state index contributed by atoms with van der Waals surface area (Å²) < 4.78 is 21.7. The number of imidazole rings is 1. The number of amides is 1. The lowest BCUT2D eigenvalue weighted by atomic mass is 9.91. The molecule has 0 aliphatic heterocycles. The third-order valence-corrected chi connectivity index (χ3v) is 5.91. The Kier molecular flexibility index (Phi) is 5.12. The number of hydrogen-bond donors (Lipinski definition) is 3. The Balaban J connectivity index is 1.42. The molecule has 4 heterocycles. The van der Waals surface area contributed by atoms with Gasteiger partial charge in [-0.25, -0.2) is 9.37 Å². The smallest absolute Gasteiger partial charge is 0.228 e. The Bertz CT molecular complexity index is 1290. The molecule has 4 aromatic heterocycles. The van der Waals surface area contributed by atoms with E-state index in [1.54, 1.807) is 37.0 Å². The van der Waals surface area contributed by atoms with Crippen molar-refractivity contribution in [2.24, 2.45) is 0 Å². The highest BCUT2D eigenvalue weighted by molar-refractivity contribution is 5.97. The number of aromatic nitrogens is 5. The van der Waals surface area contributed by atoms with Gasteiger partial charge in [0.05, 0.1) is 12.5 Å². The highest BCUT2D eigenvalue weighted by atomic mass is 19.1. The van der Waals surface area contributed by atoms with Crippen LogP contribution in [0.4, 0.5) is 10.3 Å². The number of fused-ring (bicyclic) bond motifs is 2. The van der Waals surface area contributed by atoms with E-state index < -0.39 is 5.82 Å². The second-order valence-corrected chi connectivity index (χ2v) is 8.11. The van der Waals surface area contributed by atoms with Gasteiger partial charge in [-0.05, 0) is 31.7 Å². The van der Waals surface area contributed by atoms with Gasteiger partial charge in [-0.3, -0.25) is 4.79 Å². The first-order chi connectivity index (χ1) is 15.5. The Morgan fingerprint density at radius 1 is 1.25 bits per heavy atom. The zero-order valence-corrected chi connectivity index (χ0v) is 17.9. The van der Waals surface area contributed by atoms with E-state index in [-0.39, 0.29) is 23.6 Å². The van der Waals surface area contributed by atoms with Crippen LogP contribution in [-0.2, 0) is 4.79 Å². The van der Waals surface area contributed by atoms with Crippen molar-refractivity contribution < 1.29 is 13.9 Å². The van der Waals surface area contributed by atoms with E-state index in [9.17, 15) is 9.18 Å². The number of H-pyrrole nitrogens is 1. The minimum Gasteiger partial charge on any atom is -0.480 e. The van der Waals surface area contributed by atoms with Crippen LogP contribution in [0, 0.1) is 5.82 Å². The van der Waals surface area contributed by atoms with E-state index in [0.29, 0.717) is 28.4 Å². The Labute approximate surface area is 183 Å². The third kappa shape index (κ3) is 3.72. The molecule has 1 amide bonds. The first kappa shape index (κ1) is 20.2. The van der Waals surface area contributed by atoms with E-state index in [0.717, 1.165) is 31.2 Å². The molecular formula is C22H24FN7O2. The van der Waals surface area contributed by atoms with Gasteiger partial charge in [-0.15, -0.1) is 0 Å². The van der Waals surface area contributed by atoms with Gasteiger partial charge in [0.15, 0.2) is 11.5 Å². The van der Waals surface area contributed by atoms with Crippen LogP contribution >= 0.6 is 0 Å². The molecule has 10 heteroatoms. The first-order valence-corrected chi connectivity index (χ1v) is 10.6. The molecule has 5 rings (SSSR count). The van der Waals surface area contributed by atoms with Gasteiger partial charge in [-0.1, -0.05) is 0 Å². The first-order valence-electron chi connectivity index (χ1n) is 10.6. The summed E-state index contributed by atoms with van der Waals surface area (Å²) in [4.78, 5) is 27.6.